The van der Waals surface area contributed by atoms with Crippen LogP contribution in [0.5, 0.6) is 0 Å². The largest absolute Gasteiger partial charge is 0.320 e. The summed E-state index contributed by atoms with van der Waals surface area (Å²) in [4.78, 5) is 3.98. The molecule has 1 N–H and O–H groups in total. The van der Waals surface area contributed by atoms with Gasteiger partial charge in [-0.1, -0.05) is 0 Å². The van der Waals surface area contributed by atoms with Crippen LogP contribution in [-0.4, -0.2) is 38.6 Å². The van der Waals surface area contributed by atoms with E-state index >= 15 is 0 Å². The molecule has 2 nitrogen and oxygen atoms in total. The van der Waals surface area contributed by atoms with E-state index in [1.54, 1.807) is 4.88 Å². The molecule has 0 atom stereocenters. The van der Waals surface area contributed by atoms with Crippen LogP contribution in [0.25, 0.3) is 0 Å². The van der Waals surface area contributed by atoms with Crippen molar-refractivity contribution in [2.75, 3.05) is 33.7 Å². The molecule has 1 aromatic heterocycles. The maximum absolute atomic E-state index is 3.19. The summed E-state index contributed by atoms with van der Waals surface area (Å²) in [6.45, 7) is 5.74. The molecule has 0 aliphatic rings. The van der Waals surface area contributed by atoms with Crippen LogP contribution in [0.2, 0.25) is 0 Å². The van der Waals surface area contributed by atoms with Crippen molar-refractivity contribution in [3.8, 4) is 0 Å². The number of aryl methyl sites for hydroxylation is 1. The van der Waals surface area contributed by atoms with E-state index in [0.29, 0.717) is 0 Å². The van der Waals surface area contributed by atoms with E-state index in [1.165, 1.54) is 37.9 Å². The maximum atomic E-state index is 3.19. The molecule has 1 heterocycles. The van der Waals surface area contributed by atoms with Gasteiger partial charge < -0.3 is 10.2 Å². The highest BCUT2D eigenvalue weighted by atomic mass is 32.1. The van der Waals surface area contributed by atoms with Gasteiger partial charge in [-0.3, -0.25) is 0 Å². The highest BCUT2D eigenvalue weighted by Crippen LogP contribution is 2.16. The summed E-state index contributed by atoms with van der Waals surface area (Å²) < 4.78 is 0. The second kappa shape index (κ2) is 7.82. The van der Waals surface area contributed by atoms with Crippen molar-refractivity contribution in [3.63, 3.8) is 0 Å². The number of unbranched alkanes of at least 4 members (excludes halogenated alkanes) is 1. The van der Waals surface area contributed by atoms with Crippen molar-refractivity contribution in [2.24, 2.45) is 0 Å². The molecule has 92 valence electrons. The van der Waals surface area contributed by atoms with Gasteiger partial charge in [-0.25, -0.2) is 0 Å². The lowest BCUT2D eigenvalue weighted by Crippen LogP contribution is -2.23. The monoisotopic (exact) mass is 240 g/mol. The maximum Gasteiger partial charge on any atom is 0.00871 e. The summed E-state index contributed by atoms with van der Waals surface area (Å²) in [5.41, 5.74) is 1.45. The van der Waals surface area contributed by atoms with Crippen LogP contribution in [0.15, 0.2) is 11.4 Å². The van der Waals surface area contributed by atoms with Crippen LogP contribution in [0, 0.1) is 6.92 Å². The van der Waals surface area contributed by atoms with Gasteiger partial charge in [0.2, 0.25) is 0 Å². The van der Waals surface area contributed by atoms with Crippen molar-refractivity contribution in [1.82, 2.24) is 10.2 Å². The first-order valence-electron chi connectivity index (χ1n) is 6.10. The first-order valence-corrected chi connectivity index (χ1v) is 6.98. The lowest BCUT2D eigenvalue weighted by molar-refractivity contribution is 0.330. The molecule has 1 aromatic rings. The van der Waals surface area contributed by atoms with Crippen LogP contribution in [0.4, 0.5) is 0 Å². The molecule has 0 saturated heterocycles. The fourth-order valence-corrected chi connectivity index (χ4v) is 2.65. The summed E-state index contributed by atoms with van der Waals surface area (Å²) in [5, 5.41) is 5.38. The van der Waals surface area contributed by atoms with Crippen molar-refractivity contribution >= 4 is 11.3 Å². The Balaban J connectivity index is 2.10. The first-order chi connectivity index (χ1) is 7.74. The Kier molecular flexibility index (Phi) is 6.69. The van der Waals surface area contributed by atoms with Gasteiger partial charge in [0, 0.05) is 11.4 Å². The van der Waals surface area contributed by atoms with Crippen molar-refractivity contribution in [1.29, 1.82) is 0 Å². The van der Waals surface area contributed by atoms with Gasteiger partial charge in [-0.15, -0.1) is 11.3 Å². The van der Waals surface area contributed by atoms with E-state index < -0.39 is 0 Å². The summed E-state index contributed by atoms with van der Waals surface area (Å²) >= 11 is 1.89. The van der Waals surface area contributed by atoms with Crippen molar-refractivity contribution in [3.05, 3.63) is 21.9 Å². The molecule has 0 radical (unpaired) electrons. The average molecular weight is 240 g/mol. The zero-order chi connectivity index (χ0) is 11.8. The molecule has 0 bridgehead atoms. The molecule has 0 unspecified atom stereocenters. The Morgan fingerprint density at radius 1 is 1.31 bits per heavy atom. The highest BCUT2D eigenvalue weighted by molar-refractivity contribution is 7.10. The molecule has 0 saturated carbocycles. The highest BCUT2D eigenvalue weighted by Gasteiger charge is 2.02. The molecule has 16 heavy (non-hydrogen) atoms. The molecule has 0 fully saturated rings. The molecule has 0 spiro atoms. The zero-order valence-electron chi connectivity index (χ0n) is 10.8. The number of hydrogen-bond donors (Lipinski definition) is 1. The van der Waals surface area contributed by atoms with Crippen LogP contribution in [0.3, 0.4) is 0 Å². The normalized spacial score (nSPS) is 11.2. The third-order valence-corrected chi connectivity index (χ3v) is 3.99. The molecule has 3 heteroatoms. The van der Waals surface area contributed by atoms with Gasteiger partial charge in [0.15, 0.2) is 0 Å². The number of nitrogens with one attached hydrogen (secondary N) is 1. The fraction of sp³-hybridized carbons (Fsp3) is 0.692. The van der Waals surface area contributed by atoms with Gasteiger partial charge in [0.1, 0.15) is 0 Å². The Hall–Kier alpha value is -0.380. The lowest BCUT2D eigenvalue weighted by Gasteiger charge is -2.16. The molecule has 0 aliphatic heterocycles. The molecular weight excluding hydrogens is 216 g/mol. The Bertz CT molecular complexity index is 283. The van der Waals surface area contributed by atoms with E-state index in [0.717, 1.165) is 6.54 Å². The third kappa shape index (κ3) is 5.10. The van der Waals surface area contributed by atoms with Crippen LogP contribution in [-0.2, 0) is 6.42 Å². The number of thiophene rings is 1. The van der Waals surface area contributed by atoms with Gasteiger partial charge in [-0.2, -0.15) is 0 Å². The molecular formula is C13H24N2S. The van der Waals surface area contributed by atoms with Gasteiger partial charge in [0.25, 0.3) is 0 Å². The Morgan fingerprint density at radius 2 is 2.12 bits per heavy atom. The first kappa shape index (κ1) is 13.7. The molecule has 0 amide bonds. The molecule has 0 aliphatic carbocycles. The Labute approximate surface area is 104 Å². The van der Waals surface area contributed by atoms with E-state index in [1.807, 2.05) is 18.4 Å². The van der Waals surface area contributed by atoms with E-state index in [2.05, 4.69) is 35.6 Å². The summed E-state index contributed by atoms with van der Waals surface area (Å²) in [7, 11) is 4.24. The van der Waals surface area contributed by atoms with E-state index in [4.69, 9.17) is 0 Å². The number of nitrogens with zero attached hydrogens (tertiary/aromatic N) is 1. The summed E-state index contributed by atoms with van der Waals surface area (Å²) in [5.74, 6) is 0. The predicted molar refractivity (Wildman–Crippen MR) is 73.4 cm³/mol. The Morgan fingerprint density at radius 3 is 2.75 bits per heavy atom. The number of rotatable bonds is 8. The van der Waals surface area contributed by atoms with Gasteiger partial charge in [0.05, 0.1) is 0 Å². The number of likely N-dealkylation sites (N-methyl/N-ethyl adjacent to an activating group) is 1. The quantitative estimate of drug-likeness (QED) is 0.703. The van der Waals surface area contributed by atoms with Gasteiger partial charge >= 0.3 is 0 Å². The lowest BCUT2D eigenvalue weighted by atomic mass is 10.2. The minimum atomic E-state index is 1.14. The van der Waals surface area contributed by atoms with Crippen LogP contribution < -0.4 is 5.32 Å². The fourth-order valence-electron chi connectivity index (χ4n) is 1.75. The van der Waals surface area contributed by atoms with Gasteiger partial charge in [-0.05, 0) is 70.4 Å². The topological polar surface area (TPSA) is 15.3 Å². The second-order valence-electron chi connectivity index (χ2n) is 4.39. The minimum absolute atomic E-state index is 1.14. The second-order valence-corrected chi connectivity index (χ2v) is 5.39. The number of hydrogen-bond acceptors (Lipinski definition) is 3. The van der Waals surface area contributed by atoms with Crippen LogP contribution in [0.1, 0.15) is 23.3 Å². The van der Waals surface area contributed by atoms with Crippen molar-refractivity contribution < 1.29 is 0 Å². The van der Waals surface area contributed by atoms with E-state index in [9.17, 15) is 0 Å². The van der Waals surface area contributed by atoms with E-state index in [-0.39, 0.29) is 0 Å². The SMILES string of the molecule is CNCCCCN(C)CCc1sccc1C. The average Bonchev–Trinajstić information content (AvgIpc) is 2.67. The molecule has 1 rings (SSSR count). The minimum Gasteiger partial charge on any atom is -0.320 e. The van der Waals surface area contributed by atoms with Crippen molar-refractivity contribution in [2.45, 2.75) is 26.2 Å². The van der Waals surface area contributed by atoms with Crippen LogP contribution >= 0.6 is 11.3 Å². The standard InChI is InChI=1S/C13H24N2S/c1-12-7-11-16-13(12)6-10-15(3)9-5-4-8-14-2/h7,11,14H,4-6,8-10H2,1-3H3. The summed E-state index contributed by atoms with van der Waals surface area (Å²) in [6, 6.07) is 2.22. The summed E-state index contributed by atoms with van der Waals surface area (Å²) in [6.07, 6.45) is 3.77. The zero-order valence-corrected chi connectivity index (χ0v) is 11.6. The smallest absolute Gasteiger partial charge is 0.00871 e. The third-order valence-electron chi connectivity index (χ3n) is 2.91. The molecule has 0 aromatic carbocycles. The predicted octanol–water partition coefficient (Wildman–Crippen LogP) is 2.53.